The third-order valence-electron chi connectivity index (χ3n) is 3.35. The SMILES string of the molecule is CC#CCCC(O)C1CCC(C)CC1. The van der Waals surface area contributed by atoms with Gasteiger partial charge in [0.1, 0.15) is 0 Å². The van der Waals surface area contributed by atoms with E-state index in [9.17, 15) is 5.11 Å². The summed E-state index contributed by atoms with van der Waals surface area (Å²) >= 11 is 0. The minimum atomic E-state index is -0.108. The predicted octanol–water partition coefficient (Wildman–Crippen LogP) is 2.98. The van der Waals surface area contributed by atoms with E-state index in [1.807, 2.05) is 6.92 Å². The van der Waals surface area contributed by atoms with Crippen molar-refractivity contribution in [3.8, 4) is 11.8 Å². The fraction of sp³-hybridized carbons (Fsp3) is 0.846. The maximum Gasteiger partial charge on any atom is 0.0577 e. The van der Waals surface area contributed by atoms with E-state index in [1.165, 1.54) is 25.7 Å². The van der Waals surface area contributed by atoms with Gasteiger partial charge in [0.25, 0.3) is 0 Å². The first-order valence-electron chi connectivity index (χ1n) is 5.81. The molecule has 1 rings (SSSR count). The number of hydrogen-bond acceptors (Lipinski definition) is 1. The lowest BCUT2D eigenvalue weighted by molar-refractivity contribution is 0.0700. The largest absolute Gasteiger partial charge is 0.393 e. The van der Waals surface area contributed by atoms with Gasteiger partial charge in [0.15, 0.2) is 0 Å². The number of rotatable bonds is 3. The Bertz CT molecular complexity index is 203. The molecule has 0 aliphatic heterocycles. The normalized spacial score (nSPS) is 29.1. The van der Waals surface area contributed by atoms with E-state index in [4.69, 9.17) is 0 Å². The minimum Gasteiger partial charge on any atom is -0.393 e. The molecule has 0 aromatic rings. The Morgan fingerprint density at radius 1 is 1.29 bits per heavy atom. The molecule has 1 saturated carbocycles. The van der Waals surface area contributed by atoms with E-state index in [1.54, 1.807) is 0 Å². The van der Waals surface area contributed by atoms with Crippen molar-refractivity contribution in [2.75, 3.05) is 0 Å². The maximum atomic E-state index is 9.92. The van der Waals surface area contributed by atoms with Gasteiger partial charge in [0.2, 0.25) is 0 Å². The van der Waals surface area contributed by atoms with E-state index in [2.05, 4.69) is 18.8 Å². The van der Waals surface area contributed by atoms with Gasteiger partial charge in [-0.3, -0.25) is 0 Å². The third kappa shape index (κ3) is 3.72. The van der Waals surface area contributed by atoms with Crippen LogP contribution < -0.4 is 0 Å². The molecule has 1 atom stereocenters. The summed E-state index contributed by atoms with van der Waals surface area (Å²) in [5, 5.41) is 9.92. The van der Waals surface area contributed by atoms with Gasteiger partial charge in [-0.2, -0.15) is 0 Å². The zero-order valence-corrected chi connectivity index (χ0v) is 9.42. The highest BCUT2D eigenvalue weighted by atomic mass is 16.3. The quantitative estimate of drug-likeness (QED) is 0.685. The van der Waals surface area contributed by atoms with Crippen LogP contribution in [0.3, 0.4) is 0 Å². The van der Waals surface area contributed by atoms with Crippen LogP contribution in [0.1, 0.15) is 52.4 Å². The van der Waals surface area contributed by atoms with Crippen LogP contribution in [-0.2, 0) is 0 Å². The maximum absolute atomic E-state index is 9.92. The third-order valence-corrected chi connectivity index (χ3v) is 3.35. The lowest BCUT2D eigenvalue weighted by atomic mass is 9.79. The smallest absolute Gasteiger partial charge is 0.0577 e. The van der Waals surface area contributed by atoms with Crippen LogP contribution in [0.25, 0.3) is 0 Å². The molecule has 0 amide bonds. The van der Waals surface area contributed by atoms with Gasteiger partial charge in [-0.05, 0) is 38.0 Å². The monoisotopic (exact) mass is 194 g/mol. The highest BCUT2D eigenvalue weighted by Gasteiger charge is 2.23. The summed E-state index contributed by atoms with van der Waals surface area (Å²) in [7, 11) is 0. The predicted molar refractivity (Wildman–Crippen MR) is 59.8 cm³/mol. The average Bonchev–Trinajstić information content (AvgIpc) is 2.19. The Morgan fingerprint density at radius 2 is 1.93 bits per heavy atom. The van der Waals surface area contributed by atoms with Crippen LogP contribution >= 0.6 is 0 Å². The molecule has 1 aliphatic carbocycles. The van der Waals surface area contributed by atoms with Crippen LogP contribution in [0, 0.1) is 23.7 Å². The Hall–Kier alpha value is -0.480. The van der Waals surface area contributed by atoms with Crippen LogP contribution in [0.4, 0.5) is 0 Å². The summed E-state index contributed by atoms with van der Waals surface area (Å²) in [5.41, 5.74) is 0. The fourth-order valence-corrected chi connectivity index (χ4v) is 2.25. The van der Waals surface area contributed by atoms with Crippen molar-refractivity contribution in [3.63, 3.8) is 0 Å². The van der Waals surface area contributed by atoms with Crippen molar-refractivity contribution in [2.24, 2.45) is 11.8 Å². The Balaban J connectivity index is 2.22. The fourth-order valence-electron chi connectivity index (χ4n) is 2.25. The molecular weight excluding hydrogens is 172 g/mol. The molecule has 0 radical (unpaired) electrons. The molecule has 1 nitrogen and oxygen atoms in total. The summed E-state index contributed by atoms with van der Waals surface area (Å²) in [6, 6.07) is 0. The van der Waals surface area contributed by atoms with Gasteiger partial charge in [-0.15, -0.1) is 11.8 Å². The molecule has 1 unspecified atom stereocenters. The highest BCUT2D eigenvalue weighted by molar-refractivity contribution is 4.95. The Labute approximate surface area is 87.9 Å². The second kappa shape index (κ2) is 6.09. The van der Waals surface area contributed by atoms with E-state index in [-0.39, 0.29) is 6.10 Å². The second-order valence-corrected chi connectivity index (χ2v) is 4.55. The number of hydrogen-bond donors (Lipinski definition) is 1. The van der Waals surface area contributed by atoms with Gasteiger partial charge >= 0.3 is 0 Å². The van der Waals surface area contributed by atoms with Crippen molar-refractivity contribution in [1.82, 2.24) is 0 Å². The molecule has 80 valence electrons. The van der Waals surface area contributed by atoms with Gasteiger partial charge < -0.3 is 5.11 Å². The first-order chi connectivity index (χ1) is 6.74. The van der Waals surface area contributed by atoms with Gasteiger partial charge in [-0.1, -0.05) is 19.8 Å². The van der Waals surface area contributed by atoms with Crippen LogP contribution in [0.2, 0.25) is 0 Å². The van der Waals surface area contributed by atoms with Crippen LogP contribution in [0.15, 0.2) is 0 Å². The van der Waals surface area contributed by atoms with Crippen LogP contribution in [-0.4, -0.2) is 11.2 Å². The topological polar surface area (TPSA) is 20.2 Å². The van der Waals surface area contributed by atoms with Crippen molar-refractivity contribution >= 4 is 0 Å². The zero-order chi connectivity index (χ0) is 10.4. The summed E-state index contributed by atoms with van der Waals surface area (Å²) in [4.78, 5) is 0. The molecule has 1 fully saturated rings. The molecule has 1 N–H and O–H groups in total. The lowest BCUT2D eigenvalue weighted by Gasteiger charge is -2.29. The highest BCUT2D eigenvalue weighted by Crippen LogP contribution is 2.31. The number of aliphatic hydroxyl groups is 1. The summed E-state index contributed by atoms with van der Waals surface area (Å²) in [5.74, 6) is 7.30. The van der Waals surface area contributed by atoms with Crippen molar-refractivity contribution in [2.45, 2.75) is 58.5 Å². The van der Waals surface area contributed by atoms with Crippen molar-refractivity contribution < 1.29 is 5.11 Å². The molecule has 0 spiro atoms. The molecule has 0 aromatic heterocycles. The average molecular weight is 194 g/mol. The molecule has 0 bridgehead atoms. The van der Waals surface area contributed by atoms with E-state index >= 15 is 0 Å². The molecular formula is C13H22O. The Kier molecular flexibility index (Phi) is 5.04. The first kappa shape index (κ1) is 11.6. The molecule has 0 aromatic carbocycles. The van der Waals surface area contributed by atoms with E-state index in [0.29, 0.717) is 5.92 Å². The van der Waals surface area contributed by atoms with Gasteiger partial charge in [-0.25, -0.2) is 0 Å². The number of aliphatic hydroxyl groups excluding tert-OH is 1. The summed E-state index contributed by atoms with van der Waals surface area (Å²) < 4.78 is 0. The van der Waals surface area contributed by atoms with Gasteiger partial charge in [0.05, 0.1) is 6.10 Å². The van der Waals surface area contributed by atoms with Crippen molar-refractivity contribution in [3.05, 3.63) is 0 Å². The second-order valence-electron chi connectivity index (χ2n) is 4.55. The molecule has 1 heteroatoms. The molecule has 14 heavy (non-hydrogen) atoms. The molecule has 0 saturated heterocycles. The van der Waals surface area contributed by atoms with Crippen LogP contribution in [0.5, 0.6) is 0 Å². The van der Waals surface area contributed by atoms with Crippen molar-refractivity contribution in [1.29, 1.82) is 0 Å². The lowest BCUT2D eigenvalue weighted by Crippen LogP contribution is -2.24. The van der Waals surface area contributed by atoms with E-state index < -0.39 is 0 Å². The standard InChI is InChI=1S/C13H22O/c1-3-4-5-6-13(14)12-9-7-11(2)8-10-12/h11-14H,5-10H2,1-2H3. The minimum absolute atomic E-state index is 0.108. The molecule has 1 aliphatic rings. The summed E-state index contributed by atoms with van der Waals surface area (Å²) in [6.45, 7) is 4.17. The van der Waals surface area contributed by atoms with E-state index in [0.717, 1.165) is 18.8 Å². The van der Waals surface area contributed by atoms with Gasteiger partial charge in [0, 0.05) is 6.42 Å². The first-order valence-corrected chi connectivity index (χ1v) is 5.81. The Morgan fingerprint density at radius 3 is 2.50 bits per heavy atom. The zero-order valence-electron chi connectivity index (χ0n) is 9.42. The summed E-state index contributed by atoms with van der Waals surface area (Å²) in [6.07, 6.45) is 6.61. The molecule has 0 heterocycles.